The van der Waals surface area contributed by atoms with Crippen LogP contribution in [0.3, 0.4) is 0 Å². The van der Waals surface area contributed by atoms with Gasteiger partial charge in [-0.05, 0) is 23.6 Å². The first-order chi connectivity index (χ1) is 11.5. The fourth-order valence-corrected chi connectivity index (χ4v) is 3.22. The summed E-state index contributed by atoms with van der Waals surface area (Å²) in [6.07, 6.45) is 0. The number of nitrogens with zero attached hydrogens (tertiary/aromatic N) is 3. The van der Waals surface area contributed by atoms with Crippen LogP contribution < -0.4 is 0 Å². The topological polar surface area (TPSA) is 32.5 Å². The summed E-state index contributed by atoms with van der Waals surface area (Å²) in [6.45, 7) is 10.1. The van der Waals surface area contributed by atoms with Crippen LogP contribution >= 0.6 is 23.2 Å². The largest absolute Gasteiger partial charge is 0.360 e. The minimum Gasteiger partial charge on any atom is -0.360 e. The van der Waals surface area contributed by atoms with Gasteiger partial charge in [0.15, 0.2) is 5.76 Å². The molecule has 24 heavy (non-hydrogen) atoms. The number of halogens is 2. The Bertz CT molecular complexity index is 679. The fraction of sp³-hybridized carbons (Fsp3) is 0.500. The summed E-state index contributed by atoms with van der Waals surface area (Å²) >= 11 is 12.1. The van der Waals surface area contributed by atoms with Gasteiger partial charge in [-0.1, -0.05) is 48.3 Å². The lowest BCUT2D eigenvalue weighted by atomic mass is 10.1. The van der Waals surface area contributed by atoms with Crippen molar-refractivity contribution in [3.8, 4) is 0 Å². The van der Waals surface area contributed by atoms with Crippen LogP contribution in [-0.4, -0.2) is 41.1 Å². The molecule has 2 heterocycles. The standard InChI is InChI=1S/C18H23Cl2N3O/c1-13(2)18-10-15(24-21-18)12-23-7-5-22(6-8-23)11-14-3-4-16(19)17(20)9-14/h3-4,9-10,13H,5-8,11-12H2,1-2H3. The van der Waals surface area contributed by atoms with Crippen LogP contribution in [0.4, 0.5) is 0 Å². The molecular formula is C18H23Cl2N3O. The molecule has 0 radical (unpaired) electrons. The van der Waals surface area contributed by atoms with Gasteiger partial charge in [0.2, 0.25) is 0 Å². The zero-order chi connectivity index (χ0) is 17.1. The molecule has 1 aromatic heterocycles. The Hall–Kier alpha value is -1.07. The monoisotopic (exact) mass is 367 g/mol. The number of benzene rings is 1. The SMILES string of the molecule is CC(C)c1cc(CN2CCN(Cc3ccc(Cl)c(Cl)c3)CC2)on1. The van der Waals surface area contributed by atoms with E-state index in [0.717, 1.165) is 50.7 Å². The van der Waals surface area contributed by atoms with Crippen molar-refractivity contribution in [1.82, 2.24) is 15.0 Å². The first-order valence-electron chi connectivity index (χ1n) is 8.35. The maximum absolute atomic E-state index is 6.09. The summed E-state index contributed by atoms with van der Waals surface area (Å²) in [5.41, 5.74) is 2.23. The van der Waals surface area contributed by atoms with Crippen LogP contribution in [0.15, 0.2) is 28.8 Å². The van der Waals surface area contributed by atoms with Gasteiger partial charge >= 0.3 is 0 Å². The van der Waals surface area contributed by atoms with Crippen LogP contribution in [0.25, 0.3) is 0 Å². The summed E-state index contributed by atoms with van der Waals surface area (Å²) in [5, 5.41) is 5.37. The summed E-state index contributed by atoms with van der Waals surface area (Å²) in [7, 11) is 0. The van der Waals surface area contributed by atoms with Gasteiger partial charge in [-0.15, -0.1) is 0 Å². The van der Waals surface area contributed by atoms with Crippen LogP contribution in [0.1, 0.15) is 36.8 Å². The third kappa shape index (κ3) is 4.51. The molecule has 4 nitrogen and oxygen atoms in total. The van der Waals surface area contributed by atoms with Crippen LogP contribution in [-0.2, 0) is 13.1 Å². The van der Waals surface area contributed by atoms with Crippen LogP contribution in [0.5, 0.6) is 0 Å². The highest BCUT2D eigenvalue weighted by Gasteiger charge is 2.19. The molecule has 0 saturated carbocycles. The van der Waals surface area contributed by atoms with Gasteiger partial charge in [0.25, 0.3) is 0 Å². The molecule has 1 aliphatic rings. The molecule has 3 rings (SSSR count). The van der Waals surface area contributed by atoms with Crippen molar-refractivity contribution >= 4 is 23.2 Å². The lowest BCUT2D eigenvalue weighted by Gasteiger charge is -2.34. The van der Waals surface area contributed by atoms with E-state index in [1.807, 2.05) is 18.2 Å². The van der Waals surface area contributed by atoms with Gasteiger partial charge in [-0.2, -0.15) is 0 Å². The number of hydrogen-bond donors (Lipinski definition) is 0. The van der Waals surface area contributed by atoms with Gasteiger partial charge < -0.3 is 4.52 Å². The maximum atomic E-state index is 6.09. The van der Waals surface area contributed by atoms with E-state index in [9.17, 15) is 0 Å². The van der Waals surface area contributed by atoms with Gasteiger partial charge in [0.1, 0.15) is 0 Å². The maximum Gasteiger partial charge on any atom is 0.150 e. The van der Waals surface area contributed by atoms with E-state index in [0.29, 0.717) is 16.0 Å². The Labute approximate surface area is 153 Å². The smallest absolute Gasteiger partial charge is 0.150 e. The highest BCUT2D eigenvalue weighted by Crippen LogP contribution is 2.23. The Balaban J connectivity index is 1.49. The van der Waals surface area contributed by atoms with E-state index in [2.05, 4.69) is 34.9 Å². The van der Waals surface area contributed by atoms with Crippen LogP contribution in [0.2, 0.25) is 10.0 Å². The second-order valence-electron chi connectivity index (χ2n) is 6.67. The molecule has 0 amide bonds. The van der Waals surface area contributed by atoms with Gasteiger partial charge in [0.05, 0.1) is 22.3 Å². The van der Waals surface area contributed by atoms with E-state index >= 15 is 0 Å². The predicted octanol–water partition coefficient (Wildman–Crippen LogP) is 4.42. The first-order valence-corrected chi connectivity index (χ1v) is 9.11. The third-order valence-corrected chi connectivity index (χ3v) is 5.14. The normalized spacial score (nSPS) is 16.9. The van der Waals surface area contributed by atoms with Gasteiger partial charge in [0, 0.05) is 38.8 Å². The van der Waals surface area contributed by atoms with E-state index in [1.54, 1.807) is 0 Å². The molecule has 1 aliphatic heterocycles. The molecule has 1 saturated heterocycles. The van der Waals surface area contributed by atoms with E-state index in [1.165, 1.54) is 5.56 Å². The molecule has 1 fully saturated rings. The molecule has 0 bridgehead atoms. The molecule has 0 unspecified atom stereocenters. The zero-order valence-corrected chi connectivity index (χ0v) is 15.6. The van der Waals surface area contributed by atoms with E-state index in [4.69, 9.17) is 27.7 Å². The molecular weight excluding hydrogens is 345 g/mol. The molecule has 1 aromatic carbocycles. The van der Waals surface area contributed by atoms with Crippen molar-refractivity contribution in [2.75, 3.05) is 26.2 Å². The second-order valence-corrected chi connectivity index (χ2v) is 7.49. The molecule has 6 heteroatoms. The number of hydrogen-bond acceptors (Lipinski definition) is 4. The van der Waals surface area contributed by atoms with Gasteiger partial charge in [-0.25, -0.2) is 0 Å². The minimum atomic E-state index is 0.408. The lowest BCUT2D eigenvalue weighted by molar-refractivity contribution is 0.113. The Morgan fingerprint density at radius 3 is 2.25 bits per heavy atom. The highest BCUT2D eigenvalue weighted by atomic mass is 35.5. The van der Waals surface area contributed by atoms with Crippen molar-refractivity contribution in [3.05, 3.63) is 51.3 Å². The Kier molecular flexibility index (Phi) is 5.82. The van der Waals surface area contributed by atoms with Crippen molar-refractivity contribution in [2.24, 2.45) is 0 Å². The average molecular weight is 368 g/mol. The summed E-state index contributed by atoms with van der Waals surface area (Å²) in [5.74, 6) is 1.36. The van der Waals surface area contributed by atoms with Crippen molar-refractivity contribution in [1.29, 1.82) is 0 Å². The summed E-state index contributed by atoms with van der Waals surface area (Å²) in [4.78, 5) is 4.85. The molecule has 0 aliphatic carbocycles. The van der Waals surface area contributed by atoms with E-state index in [-0.39, 0.29) is 0 Å². The molecule has 130 valence electrons. The zero-order valence-electron chi connectivity index (χ0n) is 14.1. The van der Waals surface area contributed by atoms with E-state index < -0.39 is 0 Å². The fourth-order valence-electron chi connectivity index (χ4n) is 2.90. The molecule has 0 atom stereocenters. The second kappa shape index (κ2) is 7.87. The van der Waals surface area contributed by atoms with Crippen molar-refractivity contribution < 1.29 is 4.52 Å². The quantitative estimate of drug-likeness (QED) is 0.782. The number of piperazine rings is 1. The minimum absolute atomic E-state index is 0.408. The lowest BCUT2D eigenvalue weighted by Crippen LogP contribution is -2.45. The summed E-state index contributed by atoms with van der Waals surface area (Å²) < 4.78 is 5.44. The Morgan fingerprint density at radius 2 is 1.67 bits per heavy atom. The number of aromatic nitrogens is 1. The van der Waals surface area contributed by atoms with Gasteiger partial charge in [-0.3, -0.25) is 9.80 Å². The Morgan fingerprint density at radius 1 is 1.00 bits per heavy atom. The summed E-state index contributed by atoms with van der Waals surface area (Å²) in [6, 6.07) is 7.94. The average Bonchev–Trinajstić information content (AvgIpc) is 3.02. The molecule has 0 N–H and O–H groups in total. The van der Waals surface area contributed by atoms with Crippen molar-refractivity contribution in [3.63, 3.8) is 0 Å². The molecule has 0 spiro atoms. The number of rotatable bonds is 5. The first kappa shape index (κ1) is 17.7. The highest BCUT2D eigenvalue weighted by molar-refractivity contribution is 6.42. The van der Waals surface area contributed by atoms with Crippen molar-refractivity contribution in [2.45, 2.75) is 32.9 Å². The van der Waals surface area contributed by atoms with Crippen LogP contribution in [0, 0.1) is 0 Å². The molecule has 2 aromatic rings. The third-order valence-electron chi connectivity index (χ3n) is 4.40. The predicted molar refractivity (Wildman–Crippen MR) is 97.6 cm³/mol.